The normalized spacial score (nSPS) is 14.5. The van der Waals surface area contributed by atoms with Crippen molar-refractivity contribution in [3.63, 3.8) is 0 Å². The monoisotopic (exact) mass is 562 g/mol. The summed E-state index contributed by atoms with van der Waals surface area (Å²) in [5, 5.41) is 7.07. The van der Waals surface area contributed by atoms with Gasteiger partial charge in [0.1, 0.15) is 11.5 Å². The van der Waals surface area contributed by atoms with Gasteiger partial charge in [0.15, 0.2) is 5.96 Å². The Bertz CT molecular complexity index is 958. The number of piperidine rings is 1. The Labute approximate surface area is 211 Å². The third-order valence-electron chi connectivity index (χ3n) is 5.49. The number of halogens is 1. The first-order chi connectivity index (χ1) is 15.8. The summed E-state index contributed by atoms with van der Waals surface area (Å²) in [6.45, 7) is 3.18. The summed E-state index contributed by atoms with van der Waals surface area (Å²) in [5.74, 6) is 3.43. The highest BCUT2D eigenvalue weighted by atomic mass is 127. The van der Waals surface area contributed by atoms with E-state index in [1.165, 1.54) is 0 Å². The van der Waals surface area contributed by atoms with E-state index in [-0.39, 0.29) is 24.0 Å². The number of guanidine groups is 1. The van der Waals surface area contributed by atoms with E-state index in [0.717, 1.165) is 67.9 Å². The summed E-state index contributed by atoms with van der Waals surface area (Å²) in [5.41, 5.74) is 1.13. The van der Waals surface area contributed by atoms with Crippen molar-refractivity contribution in [3.05, 3.63) is 72.4 Å². The number of aliphatic imine (C=N–C) groups is 1. The number of ether oxygens (including phenoxy) is 1. The van der Waals surface area contributed by atoms with Crippen LogP contribution < -0.4 is 20.3 Å². The van der Waals surface area contributed by atoms with Crippen molar-refractivity contribution in [3.8, 4) is 5.75 Å². The van der Waals surface area contributed by atoms with Crippen LogP contribution in [-0.2, 0) is 13.0 Å². The SMILES string of the molecule is COc1ccc(CN=C(NCCc2ccco2)NC2CCN(c3ncccn3)CC2)cc1.I. The van der Waals surface area contributed by atoms with Crippen molar-refractivity contribution >= 4 is 35.9 Å². The maximum Gasteiger partial charge on any atom is 0.225 e. The molecular weight excluding hydrogens is 531 g/mol. The smallest absolute Gasteiger partial charge is 0.225 e. The quantitative estimate of drug-likeness (QED) is 0.246. The minimum atomic E-state index is 0. The number of methoxy groups -OCH3 is 1. The molecule has 1 saturated heterocycles. The molecule has 0 atom stereocenters. The molecule has 1 aromatic carbocycles. The Kier molecular flexibility index (Phi) is 9.79. The lowest BCUT2D eigenvalue weighted by atomic mass is 10.1. The highest BCUT2D eigenvalue weighted by molar-refractivity contribution is 14.0. The molecule has 1 fully saturated rings. The number of benzene rings is 1. The summed E-state index contributed by atoms with van der Waals surface area (Å²) >= 11 is 0. The van der Waals surface area contributed by atoms with Crippen molar-refractivity contribution in [2.45, 2.75) is 31.8 Å². The highest BCUT2D eigenvalue weighted by Crippen LogP contribution is 2.16. The van der Waals surface area contributed by atoms with Crippen LogP contribution in [0.5, 0.6) is 5.75 Å². The largest absolute Gasteiger partial charge is 0.497 e. The molecule has 0 radical (unpaired) electrons. The molecule has 0 aliphatic carbocycles. The van der Waals surface area contributed by atoms with Crippen molar-refractivity contribution < 1.29 is 9.15 Å². The predicted octanol–water partition coefficient (Wildman–Crippen LogP) is 3.64. The summed E-state index contributed by atoms with van der Waals surface area (Å²) in [4.78, 5) is 15.8. The van der Waals surface area contributed by atoms with Gasteiger partial charge in [-0.15, -0.1) is 24.0 Å². The number of furan rings is 1. The Balaban J connectivity index is 0.00000306. The summed E-state index contributed by atoms with van der Waals surface area (Å²) in [6, 6.07) is 14.1. The van der Waals surface area contributed by atoms with Gasteiger partial charge in [-0.25, -0.2) is 15.0 Å². The lowest BCUT2D eigenvalue weighted by molar-refractivity contribution is 0.414. The molecule has 1 aliphatic heterocycles. The van der Waals surface area contributed by atoms with Crippen LogP contribution in [0.25, 0.3) is 0 Å². The van der Waals surface area contributed by atoms with Gasteiger partial charge < -0.3 is 24.7 Å². The maximum atomic E-state index is 5.44. The van der Waals surface area contributed by atoms with Crippen LogP contribution in [0.15, 0.2) is 70.5 Å². The second kappa shape index (κ2) is 13.0. The van der Waals surface area contributed by atoms with E-state index >= 15 is 0 Å². The minimum absolute atomic E-state index is 0. The summed E-state index contributed by atoms with van der Waals surface area (Å²) < 4.78 is 10.7. The molecule has 4 rings (SSSR count). The number of rotatable bonds is 8. The molecule has 2 aromatic heterocycles. The van der Waals surface area contributed by atoms with Crippen LogP contribution in [0.1, 0.15) is 24.2 Å². The molecule has 0 spiro atoms. The van der Waals surface area contributed by atoms with Crippen molar-refractivity contribution in [2.75, 3.05) is 31.6 Å². The van der Waals surface area contributed by atoms with Gasteiger partial charge in [0.2, 0.25) is 5.95 Å². The molecule has 3 heterocycles. The molecule has 176 valence electrons. The van der Waals surface area contributed by atoms with Crippen LogP contribution in [0, 0.1) is 0 Å². The van der Waals surface area contributed by atoms with E-state index in [2.05, 4.69) is 25.5 Å². The molecule has 33 heavy (non-hydrogen) atoms. The maximum absolute atomic E-state index is 5.44. The zero-order valence-electron chi connectivity index (χ0n) is 18.8. The minimum Gasteiger partial charge on any atom is -0.497 e. The number of anilines is 1. The van der Waals surface area contributed by atoms with E-state index < -0.39 is 0 Å². The standard InChI is InChI=1S/C24H30N6O2.HI/c1-31-21-7-5-19(6-8-21)18-28-23(25-14-9-22-4-2-17-32-22)29-20-10-15-30(16-11-20)24-26-12-3-13-27-24;/h2-8,12-13,17,20H,9-11,14-16,18H2,1H3,(H2,25,28,29);1H. The topological polar surface area (TPSA) is 87.8 Å². The zero-order chi connectivity index (χ0) is 22.0. The fraction of sp³-hybridized carbons (Fsp3) is 0.375. The first kappa shape index (κ1) is 24.8. The van der Waals surface area contributed by atoms with Gasteiger partial charge in [0.05, 0.1) is 19.9 Å². The predicted molar refractivity (Wildman–Crippen MR) is 140 cm³/mol. The van der Waals surface area contributed by atoms with Gasteiger partial charge in [-0.3, -0.25) is 0 Å². The molecule has 8 nitrogen and oxygen atoms in total. The van der Waals surface area contributed by atoms with Crippen molar-refractivity contribution in [2.24, 2.45) is 4.99 Å². The van der Waals surface area contributed by atoms with E-state index in [9.17, 15) is 0 Å². The Hall–Kier alpha value is -2.82. The van der Waals surface area contributed by atoms with E-state index in [0.29, 0.717) is 12.6 Å². The van der Waals surface area contributed by atoms with Crippen LogP contribution in [-0.4, -0.2) is 48.7 Å². The molecule has 3 aromatic rings. The third-order valence-corrected chi connectivity index (χ3v) is 5.49. The molecular formula is C24H31IN6O2. The van der Waals surface area contributed by atoms with Crippen molar-refractivity contribution in [1.29, 1.82) is 0 Å². The van der Waals surface area contributed by atoms with Crippen LogP contribution in [0.3, 0.4) is 0 Å². The van der Waals surface area contributed by atoms with Gasteiger partial charge >= 0.3 is 0 Å². The Morgan fingerprint density at radius 2 is 1.88 bits per heavy atom. The second-order valence-electron chi connectivity index (χ2n) is 7.72. The molecule has 0 amide bonds. The van der Waals surface area contributed by atoms with Gasteiger partial charge in [0, 0.05) is 44.5 Å². The Morgan fingerprint density at radius 3 is 2.55 bits per heavy atom. The number of nitrogens with zero attached hydrogens (tertiary/aromatic N) is 4. The summed E-state index contributed by atoms with van der Waals surface area (Å²) in [6.07, 6.45) is 8.09. The number of hydrogen-bond donors (Lipinski definition) is 2. The fourth-order valence-corrected chi connectivity index (χ4v) is 3.68. The third kappa shape index (κ3) is 7.62. The van der Waals surface area contributed by atoms with E-state index in [1.807, 2.05) is 42.5 Å². The first-order valence-corrected chi connectivity index (χ1v) is 11.0. The Morgan fingerprint density at radius 1 is 1.12 bits per heavy atom. The molecule has 1 aliphatic rings. The van der Waals surface area contributed by atoms with Gasteiger partial charge in [0.25, 0.3) is 0 Å². The zero-order valence-corrected chi connectivity index (χ0v) is 21.1. The number of nitrogens with one attached hydrogen (secondary N) is 2. The van der Waals surface area contributed by atoms with E-state index in [4.69, 9.17) is 14.1 Å². The molecule has 2 N–H and O–H groups in total. The molecule has 0 saturated carbocycles. The van der Waals surface area contributed by atoms with Crippen LogP contribution in [0.2, 0.25) is 0 Å². The first-order valence-electron chi connectivity index (χ1n) is 11.0. The lowest BCUT2D eigenvalue weighted by Crippen LogP contribution is -2.49. The average molecular weight is 562 g/mol. The van der Waals surface area contributed by atoms with Gasteiger partial charge in [-0.05, 0) is 48.7 Å². The molecule has 0 unspecified atom stereocenters. The molecule has 9 heteroatoms. The lowest BCUT2D eigenvalue weighted by Gasteiger charge is -2.33. The molecule has 0 bridgehead atoms. The number of hydrogen-bond acceptors (Lipinski definition) is 6. The van der Waals surface area contributed by atoms with Crippen LogP contribution >= 0.6 is 24.0 Å². The second-order valence-corrected chi connectivity index (χ2v) is 7.72. The summed E-state index contributed by atoms with van der Waals surface area (Å²) in [7, 11) is 1.67. The van der Waals surface area contributed by atoms with Crippen molar-refractivity contribution in [1.82, 2.24) is 20.6 Å². The van der Waals surface area contributed by atoms with Crippen LogP contribution in [0.4, 0.5) is 5.95 Å². The highest BCUT2D eigenvalue weighted by Gasteiger charge is 2.21. The van der Waals surface area contributed by atoms with Gasteiger partial charge in [-0.1, -0.05) is 12.1 Å². The van der Waals surface area contributed by atoms with E-state index in [1.54, 1.807) is 25.8 Å². The average Bonchev–Trinajstić information content (AvgIpc) is 3.37. The fourth-order valence-electron chi connectivity index (χ4n) is 3.68. The number of aromatic nitrogens is 2. The van der Waals surface area contributed by atoms with Gasteiger partial charge in [-0.2, -0.15) is 0 Å².